The second kappa shape index (κ2) is 13.4. The maximum absolute atomic E-state index is 14.6. The van der Waals surface area contributed by atoms with Gasteiger partial charge in [0, 0.05) is 40.2 Å². The van der Waals surface area contributed by atoms with Gasteiger partial charge in [0.15, 0.2) is 10.7 Å². The van der Waals surface area contributed by atoms with Crippen molar-refractivity contribution in [3.05, 3.63) is 51.2 Å². The van der Waals surface area contributed by atoms with E-state index in [-0.39, 0.29) is 69.8 Å². The smallest absolute Gasteiger partial charge is 0.365 e. The van der Waals surface area contributed by atoms with Gasteiger partial charge in [-0.05, 0) is 49.6 Å². The number of rotatable bonds is 12. The lowest BCUT2D eigenvalue weighted by molar-refractivity contribution is -0.138. The Kier molecular flexibility index (Phi) is 10.2. The predicted octanol–water partition coefficient (Wildman–Crippen LogP) is 5.90. The van der Waals surface area contributed by atoms with E-state index in [1.807, 2.05) is 0 Å². The molecule has 1 aromatic carbocycles. The molecule has 1 saturated carbocycles. The lowest BCUT2D eigenvalue weighted by atomic mass is 9.95. The molecule has 0 unspecified atom stereocenters. The molecule has 0 spiro atoms. The molecule has 20 heteroatoms. The van der Waals surface area contributed by atoms with E-state index in [0.717, 1.165) is 10.3 Å². The third kappa shape index (κ3) is 7.25. The van der Waals surface area contributed by atoms with Gasteiger partial charge in [0.1, 0.15) is 12.4 Å². The molecule has 1 aliphatic heterocycles. The van der Waals surface area contributed by atoms with E-state index >= 15 is 0 Å². The Morgan fingerprint density at radius 3 is 2.36 bits per heavy atom. The molecular weight excluding hydrogens is 734 g/mol. The lowest BCUT2D eigenvalue weighted by Crippen LogP contribution is -2.42. The molecule has 0 amide bonds. The summed E-state index contributed by atoms with van der Waals surface area (Å²) in [6, 6.07) is 3.42. The van der Waals surface area contributed by atoms with Crippen LogP contribution in [0.25, 0.3) is 36.9 Å². The van der Waals surface area contributed by atoms with Crippen molar-refractivity contribution in [2.45, 2.75) is 80.8 Å². The van der Waals surface area contributed by atoms with E-state index in [1.54, 1.807) is 0 Å². The van der Waals surface area contributed by atoms with Gasteiger partial charge >= 0.3 is 11.8 Å². The highest BCUT2D eigenvalue weighted by Crippen LogP contribution is 2.47. The predicted molar refractivity (Wildman–Crippen MR) is 185 cm³/mol. The maximum atomic E-state index is 14.6. The van der Waals surface area contributed by atoms with Crippen LogP contribution in [0.5, 0.6) is 0 Å². The number of benzene rings is 1. The van der Waals surface area contributed by atoms with Crippen LogP contribution in [-0.4, -0.2) is 90.8 Å². The minimum Gasteiger partial charge on any atom is -0.365 e. The summed E-state index contributed by atoms with van der Waals surface area (Å²) in [5.41, 5.74) is -0.401. The number of sulfonamides is 2. The first-order chi connectivity index (χ1) is 23.2. The fraction of sp³-hybridized carbons (Fsp3) is 0.567. The Hall–Kier alpha value is -3.24. The molecule has 2 aromatic heterocycles. The number of nitrogens with zero attached hydrogens (tertiary/aromatic N) is 8. The zero-order valence-corrected chi connectivity index (χ0v) is 31.8. The van der Waals surface area contributed by atoms with Crippen LogP contribution in [-0.2, 0) is 38.0 Å². The second-order valence-electron chi connectivity index (χ2n) is 13.8. The highest BCUT2D eigenvalue weighted by molar-refractivity contribution is 7.89. The van der Waals surface area contributed by atoms with Gasteiger partial charge < -0.3 is 4.74 Å². The van der Waals surface area contributed by atoms with Crippen LogP contribution in [0.4, 0.5) is 13.2 Å². The Balaban J connectivity index is 1.73. The van der Waals surface area contributed by atoms with Crippen LogP contribution >= 0.6 is 11.3 Å². The van der Waals surface area contributed by atoms with Crippen molar-refractivity contribution in [2.24, 2.45) is 7.05 Å². The second-order valence-corrected chi connectivity index (χ2v) is 24.7. The number of aryl methyl sites for hydroxylation is 1. The van der Waals surface area contributed by atoms with Gasteiger partial charge in [-0.25, -0.2) is 32.6 Å². The van der Waals surface area contributed by atoms with Gasteiger partial charge in [-0.1, -0.05) is 35.3 Å². The minimum absolute atomic E-state index is 0.0152. The monoisotopic (exact) mass is 770 g/mol. The van der Waals surface area contributed by atoms with Crippen LogP contribution in [0, 0.1) is 13.1 Å². The molecule has 13 nitrogen and oxygen atoms in total. The Labute approximate surface area is 294 Å². The molecule has 2 aliphatic rings. The molecule has 50 heavy (non-hydrogen) atoms. The highest BCUT2D eigenvalue weighted by Gasteiger charge is 2.61. The van der Waals surface area contributed by atoms with E-state index < -0.39 is 50.2 Å². The van der Waals surface area contributed by atoms with Gasteiger partial charge in [-0.2, -0.15) is 18.3 Å². The molecule has 5 rings (SSSR count). The maximum Gasteiger partial charge on any atom is 0.445 e. The highest BCUT2D eigenvalue weighted by atomic mass is 32.2. The summed E-state index contributed by atoms with van der Waals surface area (Å²) in [6.07, 6.45) is -4.14. The summed E-state index contributed by atoms with van der Waals surface area (Å²) in [4.78, 5) is 7.03. The van der Waals surface area contributed by atoms with Crippen LogP contribution in [0.1, 0.15) is 43.7 Å². The van der Waals surface area contributed by atoms with Crippen LogP contribution in [0.2, 0.25) is 25.7 Å². The molecule has 3 aromatic rings. The number of alkyl halides is 3. The van der Waals surface area contributed by atoms with Crippen molar-refractivity contribution >= 4 is 55.9 Å². The van der Waals surface area contributed by atoms with Crippen molar-refractivity contribution < 1.29 is 34.7 Å². The quantitative estimate of drug-likeness (QED) is 0.0963. The number of hydrogen-bond donors (Lipinski definition) is 0. The largest absolute Gasteiger partial charge is 0.445 e. The fourth-order valence-electron chi connectivity index (χ4n) is 5.59. The average molecular weight is 771 g/mol. The lowest BCUT2D eigenvalue weighted by Gasteiger charge is -2.30. The first kappa shape index (κ1) is 38.0. The normalized spacial score (nSPS) is 17.5. The number of fused-ring (bicyclic) bond motifs is 1. The molecular formula is C30H37F3N8O5S3Si. The standard InChI is InChI=1S/C30H37F3N8O5S3Si/c1-19(2)48(42,43)40-12-9-21(24(17-40)34-3)22-15-20(49(44,45)41(29(35-4)10-11-29)18-46-13-14-50(6,7)8)16-23-25(38-39(5)26(22)23)27-36-37-28(47-27)30(31,32)33/h15-16,19H,9-14,17-18H2,1-2,5-8H3. The zero-order chi connectivity index (χ0) is 37.0. The molecule has 0 radical (unpaired) electrons. The minimum atomic E-state index is -4.77. The van der Waals surface area contributed by atoms with Crippen molar-refractivity contribution in [3.8, 4) is 10.7 Å². The first-order valence-corrected chi connectivity index (χ1v) is 23.1. The van der Waals surface area contributed by atoms with Crippen LogP contribution in [0.3, 0.4) is 0 Å². The van der Waals surface area contributed by atoms with E-state index in [0.29, 0.717) is 30.5 Å². The number of aromatic nitrogens is 4. The van der Waals surface area contributed by atoms with Crippen molar-refractivity contribution in [2.75, 3.05) is 26.4 Å². The third-order valence-electron chi connectivity index (χ3n) is 8.65. The molecule has 1 aliphatic carbocycles. The van der Waals surface area contributed by atoms with Gasteiger partial charge in [-0.15, -0.1) is 10.2 Å². The summed E-state index contributed by atoms with van der Waals surface area (Å²) in [6.45, 7) is 25.0. The van der Waals surface area contributed by atoms with Crippen LogP contribution < -0.4 is 0 Å². The first-order valence-electron chi connectivity index (χ1n) is 15.7. The van der Waals surface area contributed by atoms with Gasteiger partial charge in [0.05, 0.1) is 35.1 Å². The van der Waals surface area contributed by atoms with Crippen LogP contribution in [0.15, 0.2) is 22.7 Å². The number of ether oxygens (including phenoxy) is 1. The molecule has 3 heterocycles. The molecule has 0 N–H and O–H groups in total. The molecule has 0 atom stereocenters. The number of hydrogen-bond acceptors (Lipinski definition) is 9. The fourth-order valence-corrected chi connectivity index (χ4v) is 9.97. The average Bonchev–Trinajstić information content (AvgIpc) is 3.50. The summed E-state index contributed by atoms with van der Waals surface area (Å²) in [7, 11) is -8.23. The van der Waals surface area contributed by atoms with Crippen molar-refractivity contribution in [1.29, 1.82) is 0 Å². The summed E-state index contributed by atoms with van der Waals surface area (Å²) in [5.74, 6) is 0. The van der Waals surface area contributed by atoms with E-state index in [9.17, 15) is 30.0 Å². The van der Waals surface area contributed by atoms with E-state index in [1.165, 1.54) is 42.0 Å². The summed E-state index contributed by atoms with van der Waals surface area (Å²) < 4.78 is 105. The molecule has 0 bridgehead atoms. The van der Waals surface area contributed by atoms with Gasteiger partial charge in [-0.3, -0.25) is 9.53 Å². The summed E-state index contributed by atoms with van der Waals surface area (Å²) >= 11 is 0.253. The van der Waals surface area contributed by atoms with Crippen molar-refractivity contribution in [1.82, 2.24) is 28.6 Å². The Morgan fingerprint density at radius 1 is 1.14 bits per heavy atom. The molecule has 270 valence electrons. The Morgan fingerprint density at radius 2 is 1.82 bits per heavy atom. The summed E-state index contributed by atoms with van der Waals surface area (Å²) in [5, 5.41) is 9.44. The zero-order valence-electron chi connectivity index (χ0n) is 28.4. The molecule has 0 saturated heterocycles. The van der Waals surface area contributed by atoms with E-state index in [2.05, 4.69) is 44.6 Å². The van der Waals surface area contributed by atoms with Gasteiger partial charge in [0.25, 0.3) is 10.0 Å². The van der Waals surface area contributed by atoms with Crippen molar-refractivity contribution in [3.63, 3.8) is 0 Å². The SMILES string of the molecule is [C-]#[N+]C1=C(c2cc(S(=O)(=O)N(COCC[Si](C)(C)C)C3([N+]#[C-])CC3)cc3c(-c4nnc(C(F)(F)F)s4)nn(C)c23)CCN(S(=O)(=O)C(C)C)C1. The molecule has 1 fully saturated rings. The third-order valence-corrected chi connectivity index (χ3v) is 15.4. The number of halogens is 3. The topological polar surface area (TPSA) is 136 Å². The van der Waals surface area contributed by atoms with E-state index in [4.69, 9.17) is 17.9 Å². The Bertz CT molecular complexity index is 2160. The van der Waals surface area contributed by atoms with Gasteiger partial charge in [0.2, 0.25) is 15.0 Å².